The molecule has 16 heavy (non-hydrogen) atoms. The van der Waals surface area contributed by atoms with Gasteiger partial charge in [-0.3, -0.25) is 4.79 Å². The molecule has 0 aliphatic heterocycles. The zero-order valence-electron chi connectivity index (χ0n) is 9.37. The molecule has 0 unspecified atom stereocenters. The van der Waals surface area contributed by atoms with Crippen molar-refractivity contribution in [3.05, 3.63) is 28.8 Å². The molecule has 0 spiro atoms. The number of benzene rings is 1. The molecular formula is C12H15ClO3. The van der Waals surface area contributed by atoms with E-state index in [1.165, 1.54) is 0 Å². The van der Waals surface area contributed by atoms with Crippen molar-refractivity contribution >= 4 is 17.6 Å². The summed E-state index contributed by atoms with van der Waals surface area (Å²) in [4.78, 5) is 10.5. The van der Waals surface area contributed by atoms with Crippen LogP contribution in [0.5, 0.6) is 5.75 Å². The second-order valence-electron chi connectivity index (χ2n) is 3.63. The van der Waals surface area contributed by atoms with Gasteiger partial charge in [0, 0.05) is 5.02 Å². The van der Waals surface area contributed by atoms with Crippen LogP contribution in [0.15, 0.2) is 18.2 Å². The first-order valence-electron chi connectivity index (χ1n) is 5.19. The van der Waals surface area contributed by atoms with Crippen molar-refractivity contribution in [2.75, 3.05) is 0 Å². The van der Waals surface area contributed by atoms with Crippen LogP contribution < -0.4 is 4.74 Å². The Hall–Kier alpha value is -1.22. The van der Waals surface area contributed by atoms with Crippen molar-refractivity contribution < 1.29 is 14.6 Å². The minimum atomic E-state index is -0.864. The topological polar surface area (TPSA) is 46.5 Å². The van der Waals surface area contributed by atoms with Gasteiger partial charge in [0.2, 0.25) is 0 Å². The van der Waals surface area contributed by atoms with Crippen LogP contribution in [-0.2, 0) is 11.2 Å². The number of carbonyl (C=O) groups is 1. The summed E-state index contributed by atoms with van der Waals surface area (Å²) in [6.07, 6.45) is 0.469. The highest BCUT2D eigenvalue weighted by atomic mass is 35.5. The van der Waals surface area contributed by atoms with E-state index in [-0.39, 0.29) is 12.5 Å². The van der Waals surface area contributed by atoms with Gasteiger partial charge in [-0.25, -0.2) is 0 Å². The fourth-order valence-electron chi connectivity index (χ4n) is 1.42. The Bertz CT molecular complexity index is 377. The summed E-state index contributed by atoms with van der Waals surface area (Å²) in [6.45, 7) is 3.74. The van der Waals surface area contributed by atoms with Gasteiger partial charge in [0.25, 0.3) is 0 Å². The van der Waals surface area contributed by atoms with Gasteiger partial charge in [-0.15, -0.1) is 0 Å². The van der Waals surface area contributed by atoms with Gasteiger partial charge in [-0.1, -0.05) is 18.5 Å². The fourth-order valence-corrected chi connectivity index (χ4v) is 1.67. The third-order valence-corrected chi connectivity index (χ3v) is 2.57. The van der Waals surface area contributed by atoms with Crippen LogP contribution in [-0.4, -0.2) is 17.2 Å². The molecule has 0 heterocycles. The van der Waals surface area contributed by atoms with E-state index in [9.17, 15) is 4.79 Å². The van der Waals surface area contributed by atoms with E-state index in [4.69, 9.17) is 21.4 Å². The molecule has 0 saturated heterocycles. The summed E-state index contributed by atoms with van der Waals surface area (Å²) in [5.74, 6) is -0.202. The predicted molar refractivity (Wildman–Crippen MR) is 63.2 cm³/mol. The summed E-state index contributed by atoms with van der Waals surface area (Å²) in [5.41, 5.74) is 1.00. The van der Waals surface area contributed by atoms with Crippen LogP contribution in [0, 0.1) is 0 Å². The molecule has 88 valence electrons. The minimum absolute atomic E-state index is 0.00984. The molecule has 0 fully saturated rings. The SMILES string of the molecule is CCc1cc(O[C@H](C)CC(=O)O)ccc1Cl. The number of hydrogen-bond donors (Lipinski definition) is 1. The third-order valence-electron chi connectivity index (χ3n) is 2.20. The second-order valence-corrected chi connectivity index (χ2v) is 4.04. The van der Waals surface area contributed by atoms with Crippen LogP contribution in [0.4, 0.5) is 0 Å². The first-order valence-corrected chi connectivity index (χ1v) is 5.57. The Labute approximate surface area is 100.0 Å². The molecule has 1 atom stereocenters. The van der Waals surface area contributed by atoms with E-state index in [0.29, 0.717) is 10.8 Å². The van der Waals surface area contributed by atoms with E-state index in [2.05, 4.69) is 0 Å². The molecule has 1 aromatic rings. The molecule has 1 rings (SSSR count). The summed E-state index contributed by atoms with van der Waals surface area (Å²) in [7, 11) is 0. The van der Waals surface area contributed by atoms with E-state index < -0.39 is 5.97 Å². The Morgan fingerprint density at radius 1 is 1.56 bits per heavy atom. The molecular weight excluding hydrogens is 228 g/mol. The Morgan fingerprint density at radius 3 is 2.81 bits per heavy atom. The average molecular weight is 243 g/mol. The monoisotopic (exact) mass is 242 g/mol. The zero-order valence-corrected chi connectivity index (χ0v) is 10.1. The average Bonchev–Trinajstić information content (AvgIpc) is 2.19. The number of ether oxygens (including phenoxy) is 1. The van der Waals surface area contributed by atoms with Crippen molar-refractivity contribution in [2.24, 2.45) is 0 Å². The van der Waals surface area contributed by atoms with E-state index >= 15 is 0 Å². The highest BCUT2D eigenvalue weighted by Crippen LogP contribution is 2.23. The summed E-state index contributed by atoms with van der Waals surface area (Å²) >= 11 is 5.97. The lowest BCUT2D eigenvalue weighted by Crippen LogP contribution is -2.16. The summed E-state index contributed by atoms with van der Waals surface area (Å²) in [5, 5.41) is 9.31. The molecule has 0 aromatic heterocycles. The Kier molecular flexibility index (Phi) is 4.62. The molecule has 0 bridgehead atoms. The summed E-state index contributed by atoms with van der Waals surface area (Å²) in [6, 6.07) is 5.36. The minimum Gasteiger partial charge on any atom is -0.490 e. The van der Waals surface area contributed by atoms with Crippen molar-refractivity contribution in [1.29, 1.82) is 0 Å². The number of carboxylic acid groups (broad SMARTS) is 1. The molecule has 1 aromatic carbocycles. The van der Waals surface area contributed by atoms with Gasteiger partial charge in [0.05, 0.1) is 6.42 Å². The Morgan fingerprint density at radius 2 is 2.25 bits per heavy atom. The number of aliphatic carboxylic acids is 1. The largest absolute Gasteiger partial charge is 0.490 e. The highest BCUT2D eigenvalue weighted by molar-refractivity contribution is 6.31. The van der Waals surface area contributed by atoms with Crippen LogP contribution >= 0.6 is 11.6 Å². The number of rotatable bonds is 5. The maximum atomic E-state index is 10.5. The lowest BCUT2D eigenvalue weighted by molar-refractivity contribution is -0.138. The third kappa shape index (κ3) is 3.74. The second kappa shape index (κ2) is 5.75. The standard InChI is InChI=1S/C12H15ClO3/c1-3-9-7-10(4-5-11(9)13)16-8(2)6-12(14)15/h4-5,7-8H,3,6H2,1-2H3,(H,14,15)/t8-/m1/s1. The molecule has 1 N–H and O–H groups in total. The van der Waals surface area contributed by atoms with Gasteiger partial charge >= 0.3 is 5.97 Å². The quantitative estimate of drug-likeness (QED) is 0.863. The molecule has 0 aliphatic carbocycles. The fraction of sp³-hybridized carbons (Fsp3) is 0.417. The van der Waals surface area contributed by atoms with Crippen LogP contribution in [0.3, 0.4) is 0 Å². The number of halogens is 1. The molecule has 3 nitrogen and oxygen atoms in total. The van der Waals surface area contributed by atoms with E-state index in [1.807, 2.05) is 13.0 Å². The first-order chi connectivity index (χ1) is 7.52. The maximum Gasteiger partial charge on any atom is 0.307 e. The number of aryl methyl sites for hydroxylation is 1. The molecule has 0 aliphatic rings. The molecule has 4 heteroatoms. The van der Waals surface area contributed by atoms with Crippen molar-refractivity contribution in [3.8, 4) is 5.75 Å². The number of hydrogen-bond acceptors (Lipinski definition) is 2. The zero-order chi connectivity index (χ0) is 12.1. The van der Waals surface area contributed by atoms with Crippen LogP contribution in [0.2, 0.25) is 5.02 Å². The van der Waals surface area contributed by atoms with Gasteiger partial charge in [0.1, 0.15) is 11.9 Å². The lowest BCUT2D eigenvalue weighted by atomic mass is 10.1. The van der Waals surface area contributed by atoms with Crippen molar-refractivity contribution in [3.63, 3.8) is 0 Å². The van der Waals surface area contributed by atoms with Crippen molar-refractivity contribution in [2.45, 2.75) is 32.8 Å². The van der Waals surface area contributed by atoms with Crippen LogP contribution in [0.25, 0.3) is 0 Å². The van der Waals surface area contributed by atoms with E-state index in [1.54, 1.807) is 19.1 Å². The van der Waals surface area contributed by atoms with Gasteiger partial charge < -0.3 is 9.84 Å². The first kappa shape index (κ1) is 12.8. The van der Waals surface area contributed by atoms with E-state index in [0.717, 1.165) is 12.0 Å². The normalized spacial score (nSPS) is 12.2. The molecule has 0 amide bonds. The van der Waals surface area contributed by atoms with Gasteiger partial charge in [-0.05, 0) is 37.1 Å². The van der Waals surface area contributed by atoms with Crippen LogP contribution in [0.1, 0.15) is 25.8 Å². The van der Waals surface area contributed by atoms with Gasteiger partial charge in [0.15, 0.2) is 0 Å². The molecule has 0 saturated carbocycles. The smallest absolute Gasteiger partial charge is 0.307 e. The predicted octanol–water partition coefficient (Wildman–Crippen LogP) is 3.14. The molecule has 0 radical (unpaired) electrons. The Balaban J connectivity index is 2.70. The van der Waals surface area contributed by atoms with Crippen molar-refractivity contribution in [1.82, 2.24) is 0 Å². The maximum absolute atomic E-state index is 10.5. The number of carboxylic acids is 1. The summed E-state index contributed by atoms with van der Waals surface area (Å²) < 4.78 is 5.48. The lowest BCUT2D eigenvalue weighted by Gasteiger charge is -2.13. The van der Waals surface area contributed by atoms with Gasteiger partial charge in [-0.2, -0.15) is 0 Å². The highest BCUT2D eigenvalue weighted by Gasteiger charge is 2.09.